The largest absolute Gasteiger partial charge is 0.454 e. The van der Waals surface area contributed by atoms with E-state index in [-0.39, 0.29) is 41.8 Å². The molecule has 1 atom stereocenters. The average molecular weight is 392 g/mol. The smallest absolute Gasteiger partial charge is 0.331 e. The number of benzene rings is 1. The van der Waals surface area contributed by atoms with E-state index in [4.69, 9.17) is 14.2 Å². The second-order valence-corrected chi connectivity index (χ2v) is 6.87. The summed E-state index contributed by atoms with van der Waals surface area (Å²) >= 11 is 0. The van der Waals surface area contributed by atoms with E-state index in [2.05, 4.69) is 0 Å². The molecule has 0 saturated heterocycles. The molecule has 1 amide bonds. The van der Waals surface area contributed by atoms with Crippen LogP contribution < -0.4 is 9.47 Å². The summed E-state index contributed by atoms with van der Waals surface area (Å²) in [5.74, 6) is -0.458. The molecule has 0 N–H and O–H groups in total. The third-order valence-electron chi connectivity index (χ3n) is 4.13. The Kier molecular flexibility index (Phi) is 6.61. The SMILES string of the molecule is CC(C)N(C(=O)[C@@H](C)OC(=O)/C=C/c1cc2c(cc1[N+](=O)[O-])OCO2)C(C)C. The summed E-state index contributed by atoms with van der Waals surface area (Å²) in [4.78, 5) is 36.9. The van der Waals surface area contributed by atoms with Crippen LogP contribution in [0.3, 0.4) is 0 Å². The van der Waals surface area contributed by atoms with Gasteiger partial charge in [-0.2, -0.15) is 0 Å². The van der Waals surface area contributed by atoms with Gasteiger partial charge in [0.05, 0.1) is 16.6 Å². The summed E-state index contributed by atoms with van der Waals surface area (Å²) < 4.78 is 15.5. The number of rotatable bonds is 7. The summed E-state index contributed by atoms with van der Waals surface area (Å²) in [6, 6.07) is 2.57. The van der Waals surface area contributed by atoms with Crippen LogP contribution in [0.25, 0.3) is 6.08 Å². The molecule has 1 heterocycles. The maximum Gasteiger partial charge on any atom is 0.331 e. The number of fused-ring (bicyclic) bond motifs is 1. The van der Waals surface area contributed by atoms with Crippen LogP contribution in [-0.4, -0.2) is 46.7 Å². The van der Waals surface area contributed by atoms with Crippen LogP contribution in [0.2, 0.25) is 0 Å². The number of nitro benzene ring substituents is 1. The van der Waals surface area contributed by atoms with Gasteiger partial charge in [-0.15, -0.1) is 0 Å². The summed E-state index contributed by atoms with van der Waals surface area (Å²) in [7, 11) is 0. The lowest BCUT2D eigenvalue weighted by molar-refractivity contribution is -0.385. The van der Waals surface area contributed by atoms with Crippen molar-refractivity contribution >= 4 is 23.6 Å². The topological polar surface area (TPSA) is 108 Å². The van der Waals surface area contributed by atoms with Crippen molar-refractivity contribution in [3.05, 3.63) is 33.9 Å². The van der Waals surface area contributed by atoms with Crippen LogP contribution in [0.15, 0.2) is 18.2 Å². The average Bonchev–Trinajstić information content (AvgIpc) is 3.05. The molecule has 1 aromatic carbocycles. The monoisotopic (exact) mass is 392 g/mol. The Morgan fingerprint density at radius 1 is 1.14 bits per heavy atom. The van der Waals surface area contributed by atoms with E-state index >= 15 is 0 Å². The Labute approximate surface area is 163 Å². The number of amides is 1. The van der Waals surface area contributed by atoms with Crippen LogP contribution in [-0.2, 0) is 14.3 Å². The number of carbonyl (C=O) groups excluding carboxylic acids is 2. The molecule has 2 rings (SSSR count). The van der Waals surface area contributed by atoms with Gasteiger partial charge in [0.1, 0.15) is 0 Å². The minimum Gasteiger partial charge on any atom is -0.454 e. The highest BCUT2D eigenvalue weighted by atomic mass is 16.7. The van der Waals surface area contributed by atoms with E-state index in [0.29, 0.717) is 5.75 Å². The number of hydrogen-bond donors (Lipinski definition) is 0. The Balaban J connectivity index is 2.12. The molecule has 1 aliphatic rings. The maximum absolute atomic E-state index is 12.5. The molecule has 0 aromatic heterocycles. The lowest BCUT2D eigenvalue weighted by Gasteiger charge is -2.32. The fraction of sp³-hybridized carbons (Fsp3) is 0.474. The molecule has 0 fully saturated rings. The minimum absolute atomic E-state index is 0.0243. The van der Waals surface area contributed by atoms with Crippen molar-refractivity contribution in [1.29, 1.82) is 0 Å². The van der Waals surface area contributed by atoms with E-state index in [9.17, 15) is 19.7 Å². The van der Waals surface area contributed by atoms with E-state index in [1.807, 2.05) is 27.7 Å². The molecule has 0 spiro atoms. The van der Waals surface area contributed by atoms with Gasteiger partial charge in [-0.1, -0.05) is 0 Å². The lowest BCUT2D eigenvalue weighted by atomic mass is 10.1. The quantitative estimate of drug-likeness (QED) is 0.304. The Hall–Kier alpha value is -3.10. The van der Waals surface area contributed by atoms with Gasteiger partial charge in [-0.05, 0) is 46.8 Å². The fourth-order valence-corrected chi connectivity index (χ4v) is 2.98. The second-order valence-electron chi connectivity index (χ2n) is 6.87. The predicted octanol–water partition coefficient (Wildman–Crippen LogP) is 2.91. The van der Waals surface area contributed by atoms with Crippen LogP contribution in [0.1, 0.15) is 40.2 Å². The van der Waals surface area contributed by atoms with Crippen molar-refractivity contribution in [2.45, 2.75) is 52.8 Å². The first-order valence-electron chi connectivity index (χ1n) is 8.90. The number of carbonyl (C=O) groups is 2. The molecule has 1 aliphatic heterocycles. The fourth-order valence-electron chi connectivity index (χ4n) is 2.98. The summed E-state index contributed by atoms with van der Waals surface area (Å²) in [5.41, 5.74) is -0.0700. The van der Waals surface area contributed by atoms with Gasteiger partial charge in [-0.3, -0.25) is 14.9 Å². The third kappa shape index (κ3) is 4.79. The number of hydrogen-bond acceptors (Lipinski definition) is 7. The molecule has 28 heavy (non-hydrogen) atoms. The van der Waals surface area contributed by atoms with E-state index in [1.165, 1.54) is 25.1 Å². The van der Waals surface area contributed by atoms with Gasteiger partial charge in [0.2, 0.25) is 6.79 Å². The molecule has 0 unspecified atom stereocenters. The molecule has 152 valence electrons. The summed E-state index contributed by atoms with van der Waals surface area (Å²) in [6.07, 6.45) is 1.32. The zero-order chi connectivity index (χ0) is 21.0. The van der Waals surface area contributed by atoms with Crippen LogP contribution in [0.4, 0.5) is 5.69 Å². The van der Waals surface area contributed by atoms with Crippen molar-refractivity contribution in [2.75, 3.05) is 6.79 Å². The van der Waals surface area contributed by atoms with Gasteiger partial charge in [-0.25, -0.2) is 4.79 Å². The predicted molar refractivity (Wildman–Crippen MR) is 101 cm³/mol. The third-order valence-corrected chi connectivity index (χ3v) is 4.13. The minimum atomic E-state index is -0.978. The molecule has 9 heteroatoms. The molecule has 0 aliphatic carbocycles. The number of ether oxygens (including phenoxy) is 3. The van der Waals surface area contributed by atoms with Crippen molar-refractivity contribution in [3.8, 4) is 11.5 Å². The van der Waals surface area contributed by atoms with Crippen molar-refractivity contribution in [3.63, 3.8) is 0 Å². The van der Waals surface area contributed by atoms with E-state index in [0.717, 1.165) is 6.08 Å². The Morgan fingerprint density at radius 2 is 1.71 bits per heavy atom. The highest BCUT2D eigenvalue weighted by Crippen LogP contribution is 2.38. The first-order valence-corrected chi connectivity index (χ1v) is 8.90. The van der Waals surface area contributed by atoms with Gasteiger partial charge < -0.3 is 19.1 Å². The molecule has 9 nitrogen and oxygen atoms in total. The molecular weight excluding hydrogens is 368 g/mol. The van der Waals surface area contributed by atoms with Crippen molar-refractivity contribution in [1.82, 2.24) is 4.90 Å². The standard InChI is InChI=1S/C19H24N2O7/c1-11(2)20(12(3)4)19(23)13(5)28-18(22)7-6-14-8-16-17(27-10-26-16)9-15(14)21(24)25/h6-9,11-13H,10H2,1-5H3/b7-6+/t13-/m1/s1. The van der Waals surface area contributed by atoms with Crippen LogP contribution in [0.5, 0.6) is 11.5 Å². The Morgan fingerprint density at radius 3 is 2.25 bits per heavy atom. The lowest BCUT2D eigenvalue weighted by Crippen LogP contribution is -2.47. The zero-order valence-electron chi connectivity index (χ0n) is 16.5. The molecular formula is C19H24N2O7. The normalized spacial score (nSPS) is 13.8. The molecule has 0 radical (unpaired) electrons. The first-order chi connectivity index (χ1) is 13.1. The second kappa shape index (κ2) is 8.73. The van der Waals surface area contributed by atoms with Gasteiger partial charge >= 0.3 is 5.97 Å². The first kappa shape index (κ1) is 21.2. The molecule has 0 saturated carbocycles. The van der Waals surface area contributed by atoms with Crippen molar-refractivity contribution < 1.29 is 28.7 Å². The van der Waals surface area contributed by atoms with Gasteiger partial charge in [0, 0.05) is 18.2 Å². The van der Waals surface area contributed by atoms with E-state index in [1.54, 1.807) is 4.90 Å². The van der Waals surface area contributed by atoms with Gasteiger partial charge in [0.15, 0.2) is 17.6 Å². The molecule has 1 aromatic rings. The maximum atomic E-state index is 12.5. The summed E-state index contributed by atoms with van der Waals surface area (Å²) in [5, 5.41) is 11.2. The number of nitrogens with zero attached hydrogens (tertiary/aromatic N) is 2. The highest BCUT2D eigenvalue weighted by molar-refractivity contribution is 5.91. The number of esters is 1. The number of nitro groups is 1. The zero-order valence-corrected chi connectivity index (χ0v) is 16.5. The van der Waals surface area contributed by atoms with Crippen molar-refractivity contribution in [2.24, 2.45) is 0 Å². The Bertz CT molecular complexity index is 794. The summed E-state index contributed by atoms with van der Waals surface area (Å²) in [6.45, 7) is 8.99. The van der Waals surface area contributed by atoms with Crippen LogP contribution in [0, 0.1) is 10.1 Å². The highest BCUT2D eigenvalue weighted by Gasteiger charge is 2.27. The van der Waals surface area contributed by atoms with E-state index < -0.39 is 17.0 Å². The van der Waals surface area contributed by atoms with Crippen LogP contribution >= 0.6 is 0 Å². The molecule has 0 bridgehead atoms. The van der Waals surface area contributed by atoms with Gasteiger partial charge in [0.25, 0.3) is 11.6 Å².